The fraction of sp³-hybridized carbons (Fsp3) is 0.471. The molecular weight excluding hydrogens is 282 g/mol. The van der Waals surface area contributed by atoms with Gasteiger partial charge in [-0.25, -0.2) is 4.79 Å². The Kier molecular flexibility index (Phi) is 5.34. The Bertz CT molecular complexity index is 687. The minimum Gasteiger partial charge on any atom is -0.423 e. The summed E-state index contributed by atoms with van der Waals surface area (Å²) in [5, 5.41) is 13.5. The monoisotopic (exact) mass is 305 g/mol. The molecule has 5 heteroatoms. The average Bonchev–Trinajstić information content (AvgIpc) is 2.44. The fourth-order valence-electron chi connectivity index (χ4n) is 2.57. The highest BCUT2D eigenvalue weighted by molar-refractivity contribution is 5.80. The summed E-state index contributed by atoms with van der Waals surface area (Å²) in [6, 6.07) is 7.33. The predicted octanol–water partition coefficient (Wildman–Crippen LogP) is 1.98. The van der Waals surface area contributed by atoms with E-state index >= 15 is 0 Å². The third-order valence-corrected chi connectivity index (χ3v) is 3.82. The van der Waals surface area contributed by atoms with Crippen molar-refractivity contribution in [3.63, 3.8) is 0 Å². The van der Waals surface area contributed by atoms with Gasteiger partial charge in [-0.3, -0.25) is 0 Å². The van der Waals surface area contributed by atoms with E-state index in [-0.39, 0.29) is 17.8 Å². The third kappa shape index (κ3) is 3.94. The Hall–Kier alpha value is -1.69. The van der Waals surface area contributed by atoms with E-state index in [1.165, 1.54) is 6.07 Å². The van der Waals surface area contributed by atoms with Gasteiger partial charge in [0.15, 0.2) is 0 Å². The lowest BCUT2D eigenvalue weighted by atomic mass is 9.98. The lowest BCUT2D eigenvalue weighted by molar-refractivity contribution is 0.0970. The van der Waals surface area contributed by atoms with Crippen molar-refractivity contribution in [1.82, 2.24) is 5.32 Å². The number of fused-ring (bicyclic) bond motifs is 1. The number of hydrogen-bond donors (Lipinski definition) is 2. The molecule has 1 atom stereocenters. The molecule has 1 heterocycles. The van der Waals surface area contributed by atoms with Crippen LogP contribution in [0.5, 0.6) is 0 Å². The van der Waals surface area contributed by atoms with Crippen LogP contribution in [0.1, 0.15) is 24.5 Å². The summed E-state index contributed by atoms with van der Waals surface area (Å²) in [6.07, 6.45) is 0.569. The van der Waals surface area contributed by atoms with Gasteiger partial charge in [-0.15, -0.1) is 0 Å². The van der Waals surface area contributed by atoms with E-state index in [0.717, 1.165) is 16.5 Å². The van der Waals surface area contributed by atoms with Gasteiger partial charge in [-0.1, -0.05) is 12.1 Å². The zero-order chi connectivity index (χ0) is 16.2. The highest BCUT2D eigenvalue weighted by atomic mass is 16.5. The summed E-state index contributed by atoms with van der Waals surface area (Å²) in [5.41, 5.74) is 1.82. The molecule has 0 spiro atoms. The molecule has 120 valence electrons. The average molecular weight is 305 g/mol. The third-order valence-electron chi connectivity index (χ3n) is 3.82. The van der Waals surface area contributed by atoms with Crippen LogP contribution in [0.4, 0.5) is 0 Å². The minimum absolute atomic E-state index is 0.0731. The highest BCUT2D eigenvalue weighted by Crippen LogP contribution is 2.19. The summed E-state index contributed by atoms with van der Waals surface area (Å²) >= 11 is 0. The second-order valence-corrected chi connectivity index (χ2v) is 5.91. The van der Waals surface area contributed by atoms with Gasteiger partial charge in [0.05, 0.1) is 6.61 Å². The Balaban J connectivity index is 2.29. The number of hydrogen-bond acceptors (Lipinski definition) is 5. The van der Waals surface area contributed by atoms with Crippen molar-refractivity contribution in [3.05, 3.63) is 45.8 Å². The van der Waals surface area contributed by atoms with Crippen LogP contribution in [0.2, 0.25) is 0 Å². The molecule has 1 aromatic heterocycles. The van der Waals surface area contributed by atoms with E-state index in [2.05, 4.69) is 5.32 Å². The van der Waals surface area contributed by atoms with Crippen molar-refractivity contribution in [2.45, 2.75) is 32.4 Å². The summed E-state index contributed by atoms with van der Waals surface area (Å²) < 4.78 is 10.5. The standard InChI is InChI=1S/C17H23NO4/c1-12-4-5-14-13(9-16(20)22-15(14)8-12)10-18-17(2,6-7-19)11-21-3/h4-5,8-9,18-19H,6-7,10-11H2,1-3H3. The van der Waals surface area contributed by atoms with Crippen LogP contribution in [0.3, 0.4) is 0 Å². The van der Waals surface area contributed by atoms with Crippen molar-refractivity contribution in [3.8, 4) is 0 Å². The van der Waals surface area contributed by atoms with Gasteiger partial charge in [0.25, 0.3) is 0 Å². The maximum absolute atomic E-state index is 11.7. The van der Waals surface area contributed by atoms with Crippen LogP contribution < -0.4 is 10.9 Å². The van der Waals surface area contributed by atoms with Crippen LogP contribution in [0.15, 0.2) is 33.5 Å². The Labute approximate surface area is 129 Å². The van der Waals surface area contributed by atoms with E-state index < -0.39 is 0 Å². The van der Waals surface area contributed by atoms with Crippen molar-refractivity contribution in [1.29, 1.82) is 0 Å². The number of methoxy groups -OCH3 is 1. The largest absolute Gasteiger partial charge is 0.423 e. The van der Waals surface area contributed by atoms with Gasteiger partial charge >= 0.3 is 5.63 Å². The van der Waals surface area contributed by atoms with Crippen LogP contribution in [0.25, 0.3) is 11.0 Å². The zero-order valence-electron chi connectivity index (χ0n) is 13.3. The Morgan fingerprint density at radius 1 is 1.36 bits per heavy atom. The van der Waals surface area contributed by atoms with Crippen molar-refractivity contribution in [2.24, 2.45) is 0 Å². The normalized spacial score (nSPS) is 14.2. The van der Waals surface area contributed by atoms with Gasteiger partial charge in [0, 0.05) is 37.3 Å². The smallest absolute Gasteiger partial charge is 0.336 e. The number of aliphatic hydroxyl groups is 1. The lowest BCUT2D eigenvalue weighted by Crippen LogP contribution is -2.46. The Morgan fingerprint density at radius 3 is 2.82 bits per heavy atom. The molecule has 0 aliphatic carbocycles. The maximum Gasteiger partial charge on any atom is 0.336 e. The summed E-state index contributed by atoms with van der Waals surface area (Å²) in [4.78, 5) is 11.7. The molecule has 5 nitrogen and oxygen atoms in total. The summed E-state index contributed by atoms with van der Waals surface area (Å²) in [6.45, 7) is 5.01. The van der Waals surface area contributed by atoms with Crippen LogP contribution in [-0.2, 0) is 11.3 Å². The number of aliphatic hydroxyl groups excluding tert-OH is 1. The molecule has 22 heavy (non-hydrogen) atoms. The number of aryl methyl sites for hydroxylation is 1. The molecular formula is C17H23NO4. The van der Waals surface area contributed by atoms with E-state index in [9.17, 15) is 9.90 Å². The second kappa shape index (κ2) is 7.05. The van der Waals surface area contributed by atoms with Gasteiger partial charge in [0.2, 0.25) is 0 Å². The van der Waals surface area contributed by atoms with Crippen LogP contribution in [0, 0.1) is 6.92 Å². The molecule has 0 saturated heterocycles. The maximum atomic E-state index is 11.7. The van der Waals surface area contributed by atoms with E-state index in [0.29, 0.717) is 25.2 Å². The summed E-state index contributed by atoms with van der Waals surface area (Å²) in [5.74, 6) is 0. The van der Waals surface area contributed by atoms with Crippen molar-refractivity contribution in [2.75, 3.05) is 20.3 Å². The number of nitrogens with one attached hydrogen (secondary N) is 1. The van der Waals surface area contributed by atoms with Gasteiger partial charge < -0.3 is 19.6 Å². The number of ether oxygens (including phenoxy) is 1. The molecule has 0 radical (unpaired) electrons. The zero-order valence-corrected chi connectivity index (χ0v) is 13.3. The first kappa shape index (κ1) is 16.7. The first-order valence-corrected chi connectivity index (χ1v) is 7.36. The molecule has 2 aromatic rings. The SMILES string of the molecule is COCC(C)(CCO)NCc1cc(=O)oc2cc(C)ccc12. The van der Waals surface area contributed by atoms with E-state index in [1.54, 1.807) is 7.11 Å². The number of rotatable bonds is 7. The fourth-order valence-corrected chi connectivity index (χ4v) is 2.57. The molecule has 0 saturated carbocycles. The van der Waals surface area contributed by atoms with E-state index in [1.807, 2.05) is 32.0 Å². The van der Waals surface area contributed by atoms with Gasteiger partial charge in [-0.2, -0.15) is 0 Å². The van der Waals surface area contributed by atoms with Gasteiger partial charge in [-0.05, 0) is 37.5 Å². The van der Waals surface area contributed by atoms with Crippen molar-refractivity contribution >= 4 is 11.0 Å². The predicted molar refractivity (Wildman–Crippen MR) is 86.0 cm³/mol. The van der Waals surface area contributed by atoms with Crippen LogP contribution >= 0.6 is 0 Å². The Morgan fingerprint density at radius 2 is 2.14 bits per heavy atom. The first-order valence-electron chi connectivity index (χ1n) is 7.36. The molecule has 0 bridgehead atoms. The molecule has 0 aliphatic rings. The van der Waals surface area contributed by atoms with Crippen molar-refractivity contribution < 1.29 is 14.3 Å². The second-order valence-electron chi connectivity index (χ2n) is 5.91. The molecule has 0 amide bonds. The first-order chi connectivity index (χ1) is 10.5. The molecule has 0 fully saturated rings. The quantitative estimate of drug-likeness (QED) is 0.765. The number of benzene rings is 1. The molecule has 1 aromatic carbocycles. The minimum atomic E-state index is -0.356. The molecule has 1 unspecified atom stereocenters. The summed E-state index contributed by atoms with van der Waals surface area (Å²) in [7, 11) is 1.63. The topological polar surface area (TPSA) is 71.7 Å². The van der Waals surface area contributed by atoms with Gasteiger partial charge in [0.1, 0.15) is 5.58 Å². The van der Waals surface area contributed by atoms with E-state index in [4.69, 9.17) is 9.15 Å². The van der Waals surface area contributed by atoms with Crippen LogP contribution in [-0.4, -0.2) is 31.0 Å². The lowest BCUT2D eigenvalue weighted by Gasteiger charge is -2.29. The highest BCUT2D eigenvalue weighted by Gasteiger charge is 2.23. The molecule has 2 N–H and O–H groups in total. The molecule has 0 aliphatic heterocycles. The molecule has 2 rings (SSSR count).